The molecule has 0 radical (unpaired) electrons. The maximum absolute atomic E-state index is 12.8. The number of ether oxygens (including phenoxy) is 1. The van der Waals surface area contributed by atoms with Crippen LogP contribution in [0.3, 0.4) is 0 Å². The molecule has 0 N–H and O–H groups in total. The highest BCUT2D eigenvalue weighted by molar-refractivity contribution is 6.02. The maximum atomic E-state index is 12.8. The molecule has 0 saturated heterocycles. The standard InChI is InChI=1S/C22H27N7O2/c1-6-15(4)28-20-18(12-23-28)17(11-14(3)24-20)21(30)31-9-7-8-19-26-22-25-13(2)10-16(5)29(22)27-19/h10-12,15H,6-9H2,1-5H3. The lowest BCUT2D eigenvalue weighted by atomic mass is 10.1. The van der Waals surface area contributed by atoms with Crippen LogP contribution in [0.5, 0.6) is 0 Å². The molecule has 0 amide bonds. The number of hydrogen-bond acceptors (Lipinski definition) is 7. The summed E-state index contributed by atoms with van der Waals surface area (Å²) in [7, 11) is 0. The number of fused-ring (bicyclic) bond motifs is 2. The van der Waals surface area contributed by atoms with Gasteiger partial charge in [0.05, 0.1) is 29.8 Å². The molecule has 4 aromatic heterocycles. The van der Waals surface area contributed by atoms with Crippen molar-refractivity contribution in [2.75, 3.05) is 6.61 Å². The van der Waals surface area contributed by atoms with Crippen molar-refractivity contribution in [1.29, 1.82) is 0 Å². The molecule has 4 rings (SSSR count). The molecule has 0 fully saturated rings. The van der Waals surface area contributed by atoms with E-state index in [2.05, 4.69) is 39.0 Å². The number of aryl methyl sites for hydroxylation is 4. The topological polar surface area (TPSA) is 100 Å². The molecule has 162 valence electrons. The molecule has 0 aliphatic heterocycles. The van der Waals surface area contributed by atoms with Crippen LogP contribution >= 0.6 is 0 Å². The lowest BCUT2D eigenvalue weighted by Gasteiger charge is -2.11. The normalized spacial score (nSPS) is 12.5. The van der Waals surface area contributed by atoms with Gasteiger partial charge in [-0.2, -0.15) is 10.1 Å². The van der Waals surface area contributed by atoms with E-state index in [9.17, 15) is 4.79 Å². The Hall–Kier alpha value is -3.36. The Morgan fingerprint density at radius 1 is 1.13 bits per heavy atom. The van der Waals surface area contributed by atoms with Crippen LogP contribution in [0.25, 0.3) is 16.8 Å². The van der Waals surface area contributed by atoms with Crippen molar-refractivity contribution in [2.24, 2.45) is 0 Å². The Morgan fingerprint density at radius 2 is 1.90 bits per heavy atom. The van der Waals surface area contributed by atoms with Crippen LogP contribution in [0, 0.1) is 20.8 Å². The molecule has 0 bridgehead atoms. The van der Waals surface area contributed by atoms with Gasteiger partial charge in [-0.15, -0.1) is 5.10 Å². The summed E-state index contributed by atoms with van der Waals surface area (Å²) in [5.41, 5.74) is 3.87. The number of pyridine rings is 1. The highest BCUT2D eigenvalue weighted by atomic mass is 16.5. The number of carbonyl (C=O) groups is 1. The molecule has 4 aromatic rings. The predicted octanol–water partition coefficient (Wildman–Crippen LogP) is 3.55. The summed E-state index contributed by atoms with van der Waals surface area (Å²) in [6.07, 6.45) is 3.85. The van der Waals surface area contributed by atoms with Gasteiger partial charge in [0, 0.05) is 23.5 Å². The van der Waals surface area contributed by atoms with E-state index in [0.717, 1.165) is 28.9 Å². The van der Waals surface area contributed by atoms with Gasteiger partial charge < -0.3 is 4.74 Å². The van der Waals surface area contributed by atoms with Crippen molar-refractivity contribution in [2.45, 2.75) is 59.9 Å². The summed E-state index contributed by atoms with van der Waals surface area (Å²) in [6.45, 7) is 10.2. The fourth-order valence-corrected chi connectivity index (χ4v) is 3.59. The summed E-state index contributed by atoms with van der Waals surface area (Å²) < 4.78 is 9.15. The molecule has 0 aromatic carbocycles. The third-order valence-corrected chi connectivity index (χ3v) is 5.36. The predicted molar refractivity (Wildman–Crippen MR) is 116 cm³/mol. The average molecular weight is 422 g/mol. The number of aromatic nitrogens is 7. The molecule has 9 nitrogen and oxygen atoms in total. The lowest BCUT2D eigenvalue weighted by Crippen LogP contribution is -2.10. The van der Waals surface area contributed by atoms with E-state index in [-0.39, 0.29) is 18.6 Å². The fourth-order valence-electron chi connectivity index (χ4n) is 3.59. The molecule has 0 spiro atoms. The maximum Gasteiger partial charge on any atom is 0.339 e. The van der Waals surface area contributed by atoms with Gasteiger partial charge in [0.15, 0.2) is 11.5 Å². The summed E-state index contributed by atoms with van der Waals surface area (Å²) in [6, 6.07) is 3.93. The van der Waals surface area contributed by atoms with E-state index in [1.54, 1.807) is 16.8 Å². The minimum atomic E-state index is -0.365. The molecule has 0 aliphatic rings. The minimum absolute atomic E-state index is 0.204. The van der Waals surface area contributed by atoms with Crippen molar-refractivity contribution < 1.29 is 9.53 Å². The average Bonchev–Trinajstić information content (AvgIpc) is 3.33. The van der Waals surface area contributed by atoms with Gasteiger partial charge in [0.1, 0.15) is 0 Å². The monoisotopic (exact) mass is 421 g/mol. The zero-order valence-corrected chi connectivity index (χ0v) is 18.6. The lowest BCUT2D eigenvalue weighted by molar-refractivity contribution is 0.0502. The highest BCUT2D eigenvalue weighted by Gasteiger charge is 2.18. The second-order valence-electron chi connectivity index (χ2n) is 7.91. The van der Waals surface area contributed by atoms with Crippen molar-refractivity contribution in [1.82, 2.24) is 34.3 Å². The van der Waals surface area contributed by atoms with Gasteiger partial charge in [0.25, 0.3) is 5.78 Å². The Bertz CT molecular complexity index is 1260. The summed E-state index contributed by atoms with van der Waals surface area (Å²) >= 11 is 0. The molecule has 9 heteroatoms. The summed E-state index contributed by atoms with van der Waals surface area (Å²) in [5, 5.41) is 9.65. The summed E-state index contributed by atoms with van der Waals surface area (Å²) in [5.74, 6) is 0.919. The van der Waals surface area contributed by atoms with Crippen molar-refractivity contribution in [3.05, 3.63) is 46.8 Å². The number of rotatable bonds is 7. The zero-order valence-electron chi connectivity index (χ0n) is 18.6. The summed E-state index contributed by atoms with van der Waals surface area (Å²) in [4.78, 5) is 26.2. The third-order valence-electron chi connectivity index (χ3n) is 5.36. The third kappa shape index (κ3) is 4.12. The quantitative estimate of drug-likeness (QED) is 0.332. The van der Waals surface area contributed by atoms with Gasteiger partial charge in [-0.05, 0) is 52.7 Å². The molecule has 1 unspecified atom stereocenters. The van der Waals surface area contributed by atoms with Gasteiger partial charge in [-0.3, -0.25) is 0 Å². The smallest absolute Gasteiger partial charge is 0.339 e. The van der Waals surface area contributed by atoms with E-state index in [1.165, 1.54) is 0 Å². The Balaban J connectivity index is 1.43. The zero-order chi connectivity index (χ0) is 22.1. The van der Waals surface area contributed by atoms with Crippen LogP contribution in [0.4, 0.5) is 0 Å². The first-order valence-electron chi connectivity index (χ1n) is 10.6. The van der Waals surface area contributed by atoms with Crippen LogP contribution in [-0.4, -0.2) is 46.9 Å². The van der Waals surface area contributed by atoms with Crippen molar-refractivity contribution in [3.63, 3.8) is 0 Å². The Morgan fingerprint density at radius 3 is 2.68 bits per heavy atom. The largest absolute Gasteiger partial charge is 0.462 e. The minimum Gasteiger partial charge on any atom is -0.462 e. The van der Waals surface area contributed by atoms with Gasteiger partial charge in [0.2, 0.25) is 0 Å². The van der Waals surface area contributed by atoms with Crippen LogP contribution in [0.2, 0.25) is 0 Å². The molecular formula is C22H27N7O2. The second-order valence-corrected chi connectivity index (χ2v) is 7.91. The van der Waals surface area contributed by atoms with Crippen LogP contribution in [0.15, 0.2) is 18.3 Å². The molecule has 4 heterocycles. The van der Waals surface area contributed by atoms with Crippen LogP contribution in [0.1, 0.15) is 66.0 Å². The number of nitrogens with zero attached hydrogens (tertiary/aromatic N) is 7. The molecule has 1 atom stereocenters. The van der Waals surface area contributed by atoms with Gasteiger partial charge in [-0.25, -0.2) is 24.0 Å². The van der Waals surface area contributed by atoms with E-state index in [0.29, 0.717) is 35.7 Å². The molecule has 0 aliphatic carbocycles. The number of carbonyl (C=O) groups excluding carboxylic acids is 1. The first kappa shape index (κ1) is 20.9. The second kappa shape index (κ2) is 8.41. The first-order chi connectivity index (χ1) is 14.9. The van der Waals surface area contributed by atoms with Gasteiger partial charge >= 0.3 is 5.97 Å². The van der Waals surface area contributed by atoms with E-state index in [1.807, 2.05) is 31.5 Å². The highest BCUT2D eigenvalue weighted by Crippen LogP contribution is 2.23. The molecule has 31 heavy (non-hydrogen) atoms. The van der Waals surface area contributed by atoms with Gasteiger partial charge in [-0.1, -0.05) is 6.92 Å². The van der Waals surface area contributed by atoms with E-state index >= 15 is 0 Å². The van der Waals surface area contributed by atoms with Crippen LogP contribution < -0.4 is 0 Å². The SMILES string of the molecule is CCC(C)n1ncc2c(C(=O)OCCCc3nc4nc(C)cc(C)n4n3)cc(C)nc21. The Kier molecular flexibility index (Phi) is 5.67. The Labute approximate surface area is 180 Å². The van der Waals surface area contributed by atoms with Crippen LogP contribution in [-0.2, 0) is 11.2 Å². The van der Waals surface area contributed by atoms with E-state index < -0.39 is 0 Å². The number of esters is 1. The van der Waals surface area contributed by atoms with E-state index in [4.69, 9.17) is 4.74 Å². The molecule has 0 saturated carbocycles. The fraction of sp³-hybridized carbons (Fsp3) is 0.455. The van der Waals surface area contributed by atoms with Crippen molar-refractivity contribution in [3.8, 4) is 0 Å². The first-order valence-corrected chi connectivity index (χ1v) is 10.6. The molecular weight excluding hydrogens is 394 g/mol. The number of hydrogen-bond donors (Lipinski definition) is 0. The van der Waals surface area contributed by atoms with Crippen molar-refractivity contribution >= 4 is 22.8 Å².